The number of aliphatic hydroxyl groups excluding tert-OH is 1. The number of halogens is 1. The number of hydrogen-bond donors (Lipinski definition) is 1. The summed E-state index contributed by atoms with van der Waals surface area (Å²) in [4.78, 5) is 10.4. The fraction of sp³-hybridized carbons (Fsp3) is 0.800. The van der Waals surface area contributed by atoms with Crippen LogP contribution in [-0.2, 0) is 9.53 Å². The average molecular weight is 244 g/mol. The smallest absolute Gasteiger partial charge is 0.334 e. The number of alkyl halides is 1. The molecule has 0 bridgehead atoms. The number of rotatable bonds is 3. The summed E-state index contributed by atoms with van der Waals surface area (Å²) in [7, 11) is 1.26. The van der Waals surface area contributed by atoms with Crippen LogP contribution in [0.25, 0.3) is 0 Å². The number of hydrogen-bond acceptors (Lipinski definition) is 3. The molecule has 0 saturated carbocycles. The minimum absolute atomic E-state index is 0.466. The first-order chi connectivity index (χ1) is 4.22. The van der Waals surface area contributed by atoms with Gasteiger partial charge in [0.05, 0.1) is 7.11 Å². The quantitative estimate of drug-likeness (QED) is 0.442. The molecule has 4 heteroatoms. The minimum atomic E-state index is -0.938. The highest BCUT2D eigenvalue weighted by atomic mass is 127. The second-order valence-electron chi connectivity index (χ2n) is 1.52. The molecule has 54 valence electrons. The molecule has 0 aliphatic carbocycles. The van der Waals surface area contributed by atoms with E-state index in [0.29, 0.717) is 6.42 Å². The number of ether oxygens (including phenoxy) is 1. The Bertz CT molecular complexity index is 94.2. The van der Waals surface area contributed by atoms with Crippen LogP contribution < -0.4 is 0 Å². The summed E-state index contributed by atoms with van der Waals surface area (Å²) >= 11 is 2.08. The van der Waals surface area contributed by atoms with Gasteiger partial charge in [0.2, 0.25) is 0 Å². The Balaban J connectivity index is 3.45. The molecule has 0 saturated heterocycles. The lowest BCUT2D eigenvalue weighted by Crippen LogP contribution is -2.21. The molecular weight excluding hydrogens is 235 g/mol. The maximum absolute atomic E-state index is 10.4. The predicted molar refractivity (Wildman–Crippen MR) is 41.5 cm³/mol. The third-order valence-corrected chi connectivity index (χ3v) is 1.48. The number of aliphatic hydroxyl groups is 1. The van der Waals surface area contributed by atoms with E-state index in [1.165, 1.54) is 7.11 Å². The molecule has 0 spiro atoms. The van der Waals surface area contributed by atoms with Crippen LogP contribution in [0.5, 0.6) is 0 Å². The van der Waals surface area contributed by atoms with Crippen LogP contribution >= 0.6 is 22.6 Å². The van der Waals surface area contributed by atoms with E-state index in [1.807, 2.05) is 0 Å². The molecule has 0 aromatic heterocycles. The van der Waals surface area contributed by atoms with Gasteiger partial charge >= 0.3 is 5.97 Å². The summed E-state index contributed by atoms with van der Waals surface area (Å²) in [6.07, 6.45) is -0.473. The van der Waals surface area contributed by atoms with Gasteiger partial charge in [0.15, 0.2) is 6.10 Å². The highest BCUT2D eigenvalue weighted by Gasteiger charge is 2.12. The molecule has 1 atom stereocenters. The second kappa shape index (κ2) is 4.99. The molecule has 9 heavy (non-hydrogen) atoms. The molecule has 0 rings (SSSR count). The van der Waals surface area contributed by atoms with Crippen molar-refractivity contribution in [3.8, 4) is 0 Å². The topological polar surface area (TPSA) is 46.5 Å². The van der Waals surface area contributed by atoms with E-state index in [2.05, 4.69) is 27.3 Å². The summed E-state index contributed by atoms with van der Waals surface area (Å²) in [6.45, 7) is 0. The summed E-state index contributed by atoms with van der Waals surface area (Å²) in [5.41, 5.74) is 0. The fourth-order valence-corrected chi connectivity index (χ4v) is 0.947. The zero-order valence-electron chi connectivity index (χ0n) is 5.13. The molecule has 0 aromatic carbocycles. The Kier molecular flexibility index (Phi) is 5.07. The molecule has 1 unspecified atom stereocenters. The zero-order chi connectivity index (χ0) is 7.28. The fourth-order valence-electron chi connectivity index (χ4n) is 0.357. The van der Waals surface area contributed by atoms with Crippen molar-refractivity contribution in [2.75, 3.05) is 11.5 Å². The van der Waals surface area contributed by atoms with Crippen molar-refractivity contribution >= 4 is 28.6 Å². The molecule has 0 aliphatic rings. The largest absolute Gasteiger partial charge is 0.467 e. The van der Waals surface area contributed by atoms with Gasteiger partial charge in [-0.3, -0.25) is 0 Å². The molecule has 0 radical (unpaired) electrons. The van der Waals surface area contributed by atoms with Crippen LogP contribution in [0.3, 0.4) is 0 Å². The van der Waals surface area contributed by atoms with Gasteiger partial charge in [-0.2, -0.15) is 0 Å². The third-order valence-electron chi connectivity index (χ3n) is 0.856. The van der Waals surface area contributed by atoms with E-state index in [4.69, 9.17) is 5.11 Å². The van der Waals surface area contributed by atoms with Crippen molar-refractivity contribution in [1.82, 2.24) is 0 Å². The molecule has 1 N–H and O–H groups in total. The first-order valence-corrected chi connectivity index (χ1v) is 4.06. The van der Waals surface area contributed by atoms with E-state index < -0.39 is 12.1 Å². The van der Waals surface area contributed by atoms with Crippen LogP contribution in [0.15, 0.2) is 0 Å². The normalized spacial score (nSPS) is 12.8. The van der Waals surface area contributed by atoms with Crippen LogP contribution in [0, 0.1) is 0 Å². The minimum Gasteiger partial charge on any atom is -0.467 e. The number of esters is 1. The zero-order valence-corrected chi connectivity index (χ0v) is 7.29. The van der Waals surface area contributed by atoms with Crippen LogP contribution in [-0.4, -0.2) is 28.7 Å². The van der Waals surface area contributed by atoms with Crippen molar-refractivity contribution in [3.63, 3.8) is 0 Å². The SMILES string of the molecule is COC(=O)C(O)CCI. The lowest BCUT2D eigenvalue weighted by atomic mass is 10.3. The van der Waals surface area contributed by atoms with Gasteiger partial charge in [0.25, 0.3) is 0 Å². The van der Waals surface area contributed by atoms with E-state index in [1.54, 1.807) is 0 Å². The van der Waals surface area contributed by atoms with Crippen LogP contribution in [0.1, 0.15) is 6.42 Å². The Hall–Kier alpha value is 0.160. The maximum Gasteiger partial charge on any atom is 0.334 e. The first kappa shape index (κ1) is 9.16. The van der Waals surface area contributed by atoms with Gasteiger partial charge in [-0.05, 0) is 6.42 Å². The number of carbonyl (C=O) groups excluding carboxylic acids is 1. The second-order valence-corrected chi connectivity index (χ2v) is 2.60. The van der Waals surface area contributed by atoms with Crippen molar-refractivity contribution in [2.24, 2.45) is 0 Å². The Morgan fingerprint density at radius 1 is 1.89 bits per heavy atom. The molecular formula is C5H9IO3. The van der Waals surface area contributed by atoms with Gasteiger partial charge in [-0.15, -0.1) is 0 Å². The van der Waals surface area contributed by atoms with Crippen molar-refractivity contribution in [2.45, 2.75) is 12.5 Å². The van der Waals surface area contributed by atoms with Crippen LogP contribution in [0.4, 0.5) is 0 Å². The summed E-state index contributed by atoms with van der Waals surface area (Å²) < 4.78 is 5.03. The Morgan fingerprint density at radius 2 is 2.44 bits per heavy atom. The maximum atomic E-state index is 10.4. The predicted octanol–water partition coefficient (Wildman–Crippen LogP) is 0.345. The summed E-state index contributed by atoms with van der Waals surface area (Å²) in [5, 5.41) is 8.84. The third kappa shape index (κ3) is 3.69. The van der Waals surface area contributed by atoms with Crippen LogP contribution in [0.2, 0.25) is 0 Å². The highest BCUT2D eigenvalue weighted by Crippen LogP contribution is 1.97. The van der Waals surface area contributed by atoms with Gasteiger partial charge in [0.1, 0.15) is 0 Å². The van der Waals surface area contributed by atoms with E-state index in [9.17, 15) is 4.79 Å². The average Bonchev–Trinajstić information content (AvgIpc) is 1.87. The number of methoxy groups -OCH3 is 1. The van der Waals surface area contributed by atoms with Gasteiger partial charge in [0, 0.05) is 4.43 Å². The van der Waals surface area contributed by atoms with Gasteiger partial charge < -0.3 is 9.84 Å². The molecule has 0 amide bonds. The number of carbonyl (C=O) groups is 1. The molecule has 0 aromatic rings. The first-order valence-electron chi connectivity index (χ1n) is 2.54. The monoisotopic (exact) mass is 244 g/mol. The molecule has 0 heterocycles. The van der Waals surface area contributed by atoms with E-state index >= 15 is 0 Å². The summed E-state index contributed by atoms with van der Waals surface area (Å²) in [5.74, 6) is -0.549. The van der Waals surface area contributed by atoms with Gasteiger partial charge in [-0.25, -0.2) is 4.79 Å². The van der Waals surface area contributed by atoms with Crippen molar-refractivity contribution < 1.29 is 14.6 Å². The molecule has 0 fully saturated rings. The molecule has 3 nitrogen and oxygen atoms in total. The van der Waals surface area contributed by atoms with E-state index in [0.717, 1.165) is 4.43 Å². The Morgan fingerprint density at radius 3 is 2.78 bits per heavy atom. The summed E-state index contributed by atoms with van der Waals surface area (Å²) in [6, 6.07) is 0. The van der Waals surface area contributed by atoms with Crippen molar-refractivity contribution in [1.29, 1.82) is 0 Å². The van der Waals surface area contributed by atoms with Crippen molar-refractivity contribution in [3.05, 3.63) is 0 Å². The molecule has 0 aliphatic heterocycles. The standard InChI is InChI=1S/C5H9IO3/c1-9-5(8)4(7)2-3-6/h4,7H,2-3H2,1H3. The highest BCUT2D eigenvalue weighted by molar-refractivity contribution is 14.1. The van der Waals surface area contributed by atoms with Gasteiger partial charge in [-0.1, -0.05) is 22.6 Å². The van der Waals surface area contributed by atoms with E-state index in [-0.39, 0.29) is 0 Å². The Labute approximate surface area is 67.5 Å². The lowest BCUT2D eigenvalue weighted by molar-refractivity contribution is -0.150. The lowest BCUT2D eigenvalue weighted by Gasteiger charge is -2.03.